The van der Waals surface area contributed by atoms with Crippen molar-refractivity contribution in [1.82, 2.24) is 10.9 Å². The monoisotopic (exact) mass is 414 g/mol. The Morgan fingerprint density at radius 1 is 0.700 bits per heavy atom. The summed E-state index contributed by atoms with van der Waals surface area (Å²) < 4.78 is 0. The average molecular weight is 415 g/mol. The van der Waals surface area contributed by atoms with Gasteiger partial charge in [-0.1, -0.05) is 12.8 Å². The van der Waals surface area contributed by atoms with E-state index in [9.17, 15) is 9.59 Å². The van der Waals surface area contributed by atoms with Gasteiger partial charge in [-0.3, -0.25) is 9.59 Å². The molecule has 0 aliphatic heterocycles. The van der Waals surface area contributed by atoms with Gasteiger partial charge in [-0.25, -0.2) is 10.9 Å². The Balaban J connectivity index is 1.08. The van der Waals surface area contributed by atoms with Crippen LogP contribution in [0.3, 0.4) is 0 Å². The highest BCUT2D eigenvalue weighted by Gasteiger charge is 2.41. The Morgan fingerprint density at radius 3 is 1.47 bits per heavy atom. The Labute approximate surface area is 180 Å². The van der Waals surface area contributed by atoms with E-state index in [1.165, 1.54) is 51.4 Å². The highest BCUT2D eigenvalue weighted by Crippen LogP contribution is 2.49. The van der Waals surface area contributed by atoms with Gasteiger partial charge in [-0.2, -0.15) is 10.2 Å². The number of carbonyl (C=O) groups is 2. The highest BCUT2D eigenvalue weighted by molar-refractivity contribution is 5.87. The standard InChI is InChI=1S/C24H38N4O2/c1-15(21-13-17-7-9-19(21)11-17)25-27-23(29)5-3-4-6-24(30)28-26-16(2)22-14-18-8-10-20(22)12-18/h17-22H,3-14H2,1-2H3,(H,27,29)(H,28,30). The minimum Gasteiger partial charge on any atom is -0.273 e. The third-order valence-electron chi connectivity index (χ3n) is 8.32. The van der Waals surface area contributed by atoms with Crippen molar-refractivity contribution in [2.24, 2.45) is 45.7 Å². The van der Waals surface area contributed by atoms with Gasteiger partial charge in [0, 0.05) is 36.1 Å². The molecule has 0 saturated heterocycles. The molecule has 0 aromatic carbocycles. The average Bonchev–Trinajstić information content (AvgIpc) is 3.54. The van der Waals surface area contributed by atoms with Gasteiger partial charge < -0.3 is 0 Å². The maximum atomic E-state index is 12.1. The lowest BCUT2D eigenvalue weighted by atomic mass is 9.86. The molecule has 166 valence electrons. The third kappa shape index (κ3) is 5.12. The second kappa shape index (κ2) is 9.61. The number of nitrogens with zero attached hydrogens (tertiary/aromatic N) is 2. The fourth-order valence-electron chi connectivity index (χ4n) is 6.66. The largest absolute Gasteiger partial charge is 0.273 e. The lowest BCUT2D eigenvalue weighted by Crippen LogP contribution is -2.25. The number of carbonyl (C=O) groups excluding carboxylic acids is 2. The number of rotatable bonds is 9. The van der Waals surface area contributed by atoms with E-state index in [1.54, 1.807) is 0 Å². The Hall–Kier alpha value is -1.72. The molecular formula is C24H38N4O2. The lowest BCUT2D eigenvalue weighted by molar-refractivity contribution is -0.123. The SMILES string of the molecule is CC(=NNC(=O)CCCCC(=O)NN=C(C)C1CC2CCC1C2)C1CC2CCC1C2. The normalized spacial score (nSPS) is 35.1. The van der Waals surface area contributed by atoms with Gasteiger partial charge in [0.05, 0.1) is 0 Å². The molecule has 30 heavy (non-hydrogen) atoms. The zero-order valence-corrected chi connectivity index (χ0v) is 18.7. The van der Waals surface area contributed by atoms with Crippen LogP contribution in [-0.4, -0.2) is 23.2 Å². The first-order chi connectivity index (χ1) is 14.5. The number of hydrogen-bond acceptors (Lipinski definition) is 4. The molecule has 0 radical (unpaired) electrons. The molecule has 4 aliphatic carbocycles. The summed E-state index contributed by atoms with van der Waals surface area (Å²) >= 11 is 0. The van der Waals surface area contributed by atoms with E-state index in [0.717, 1.165) is 35.1 Å². The summed E-state index contributed by atoms with van der Waals surface area (Å²) in [5.41, 5.74) is 7.60. The number of hydrazone groups is 2. The minimum atomic E-state index is -0.0527. The molecule has 2 amide bonds. The zero-order chi connectivity index (χ0) is 21.1. The second-order valence-corrected chi connectivity index (χ2v) is 10.3. The predicted molar refractivity (Wildman–Crippen MR) is 119 cm³/mol. The van der Waals surface area contributed by atoms with Gasteiger partial charge in [-0.05, 0) is 88.9 Å². The molecule has 0 spiro atoms. The lowest BCUT2D eigenvalue weighted by Gasteiger charge is -2.21. The van der Waals surface area contributed by atoms with Crippen molar-refractivity contribution >= 4 is 23.2 Å². The first kappa shape index (κ1) is 21.5. The third-order valence-corrected chi connectivity index (χ3v) is 8.32. The summed E-state index contributed by atoms with van der Waals surface area (Å²) in [6, 6.07) is 0. The minimum absolute atomic E-state index is 0.0527. The van der Waals surface area contributed by atoms with E-state index in [0.29, 0.717) is 37.5 Å². The number of fused-ring (bicyclic) bond motifs is 4. The van der Waals surface area contributed by atoms with Crippen LogP contribution < -0.4 is 10.9 Å². The molecule has 4 aliphatic rings. The molecule has 6 heteroatoms. The molecular weight excluding hydrogens is 376 g/mol. The van der Waals surface area contributed by atoms with Gasteiger partial charge in [0.25, 0.3) is 0 Å². The quantitative estimate of drug-likeness (QED) is 0.333. The first-order valence-electron chi connectivity index (χ1n) is 12.2. The molecule has 6 nitrogen and oxygen atoms in total. The first-order valence-corrected chi connectivity index (χ1v) is 12.2. The van der Waals surface area contributed by atoms with Crippen molar-refractivity contribution in [2.45, 2.75) is 90.9 Å². The number of nitrogens with one attached hydrogen (secondary N) is 2. The van der Waals surface area contributed by atoms with E-state index in [1.807, 2.05) is 0 Å². The Bertz CT molecular complexity index is 656. The van der Waals surface area contributed by atoms with Gasteiger partial charge >= 0.3 is 0 Å². The van der Waals surface area contributed by atoms with Crippen LogP contribution in [0.25, 0.3) is 0 Å². The van der Waals surface area contributed by atoms with Crippen LogP contribution in [0.1, 0.15) is 90.9 Å². The van der Waals surface area contributed by atoms with Crippen molar-refractivity contribution in [3.05, 3.63) is 0 Å². The van der Waals surface area contributed by atoms with Crippen LogP contribution >= 0.6 is 0 Å². The fraction of sp³-hybridized carbons (Fsp3) is 0.833. The Morgan fingerprint density at radius 2 is 1.13 bits per heavy atom. The summed E-state index contributed by atoms with van der Waals surface area (Å²) in [5.74, 6) is 4.36. The van der Waals surface area contributed by atoms with Gasteiger partial charge in [0.1, 0.15) is 0 Å². The smallest absolute Gasteiger partial charge is 0.240 e. The predicted octanol–water partition coefficient (Wildman–Crippen LogP) is 4.40. The van der Waals surface area contributed by atoms with Crippen LogP contribution in [0.2, 0.25) is 0 Å². The maximum absolute atomic E-state index is 12.1. The van der Waals surface area contributed by atoms with Crippen LogP contribution in [0.5, 0.6) is 0 Å². The number of unbranched alkanes of at least 4 members (excludes halogenated alkanes) is 1. The van der Waals surface area contributed by atoms with Crippen LogP contribution in [-0.2, 0) is 9.59 Å². The van der Waals surface area contributed by atoms with Crippen molar-refractivity contribution in [3.8, 4) is 0 Å². The molecule has 4 bridgehead atoms. The molecule has 2 N–H and O–H groups in total. The van der Waals surface area contributed by atoms with Gasteiger partial charge in [0.2, 0.25) is 11.8 Å². The Kier molecular flexibility index (Phi) is 6.89. The molecule has 4 rings (SSSR count). The fourth-order valence-corrected chi connectivity index (χ4v) is 6.66. The summed E-state index contributed by atoms with van der Waals surface area (Å²) in [6.45, 7) is 4.10. The van der Waals surface area contributed by atoms with E-state index >= 15 is 0 Å². The van der Waals surface area contributed by atoms with Gasteiger partial charge in [-0.15, -0.1) is 0 Å². The highest BCUT2D eigenvalue weighted by atomic mass is 16.2. The molecule has 6 unspecified atom stereocenters. The number of amides is 2. The molecule has 4 fully saturated rings. The van der Waals surface area contributed by atoms with E-state index < -0.39 is 0 Å². The summed E-state index contributed by atoms with van der Waals surface area (Å²) in [4.78, 5) is 24.1. The molecule has 0 aromatic heterocycles. The molecule has 0 heterocycles. The molecule has 6 atom stereocenters. The summed E-state index contributed by atoms with van der Waals surface area (Å²) in [6.07, 6.45) is 12.8. The maximum Gasteiger partial charge on any atom is 0.240 e. The van der Waals surface area contributed by atoms with Crippen molar-refractivity contribution in [3.63, 3.8) is 0 Å². The number of hydrogen-bond donors (Lipinski definition) is 2. The van der Waals surface area contributed by atoms with Crippen LogP contribution in [0.4, 0.5) is 0 Å². The van der Waals surface area contributed by atoms with E-state index in [2.05, 4.69) is 34.9 Å². The van der Waals surface area contributed by atoms with Crippen molar-refractivity contribution in [1.29, 1.82) is 0 Å². The van der Waals surface area contributed by atoms with E-state index in [4.69, 9.17) is 0 Å². The topological polar surface area (TPSA) is 82.9 Å². The van der Waals surface area contributed by atoms with E-state index in [-0.39, 0.29) is 11.8 Å². The molecule has 0 aromatic rings. The van der Waals surface area contributed by atoms with Crippen molar-refractivity contribution in [2.75, 3.05) is 0 Å². The van der Waals surface area contributed by atoms with Crippen molar-refractivity contribution < 1.29 is 9.59 Å². The summed E-state index contributed by atoms with van der Waals surface area (Å²) in [5, 5.41) is 8.72. The van der Waals surface area contributed by atoms with Crippen LogP contribution in [0, 0.1) is 35.5 Å². The van der Waals surface area contributed by atoms with Gasteiger partial charge in [0.15, 0.2) is 0 Å². The second-order valence-electron chi connectivity index (χ2n) is 10.3. The molecule has 4 saturated carbocycles. The summed E-state index contributed by atoms with van der Waals surface area (Å²) in [7, 11) is 0. The zero-order valence-electron chi connectivity index (χ0n) is 18.7. The van der Waals surface area contributed by atoms with Crippen LogP contribution in [0.15, 0.2) is 10.2 Å².